The summed E-state index contributed by atoms with van der Waals surface area (Å²) in [7, 11) is 0. The smallest absolute Gasteiger partial charge is 0.258 e. The van der Waals surface area contributed by atoms with E-state index in [1.165, 1.54) is 0 Å². The number of amides is 1. The molecular formula is C17H20N2O3. The van der Waals surface area contributed by atoms with E-state index in [-0.39, 0.29) is 12.5 Å². The van der Waals surface area contributed by atoms with Crippen molar-refractivity contribution in [3.8, 4) is 11.5 Å². The second kappa shape index (κ2) is 7.93. The minimum atomic E-state index is -0.190. The minimum absolute atomic E-state index is 0.0173. The highest BCUT2D eigenvalue weighted by Crippen LogP contribution is 2.19. The zero-order valence-corrected chi connectivity index (χ0v) is 12.5. The van der Waals surface area contributed by atoms with E-state index in [2.05, 4.69) is 5.32 Å². The predicted octanol–water partition coefficient (Wildman–Crippen LogP) is 2.15. The molecule has 0 spiro atoms. The molecule has 0 unspecified atom stereocenters. The summed E-state index contributed by atoms with van der Waals surface area (Å²) in [5, 5.41) is 2.72. The third-order valence-electron chi connectivity index (χ3n) is 2.99. The molecule has 2 aromatic rings. The van der Waals surface area contributed by atoms with Crippen molar-refractivity contribution >= 4 is 11.6 Å². The normalized spacial score (nSPS) is 10.0. The third-order valence-corrected chi connectivity index (χ3v) is 2.99. The molecule has 1 amide bonds. The first kappa shape index (κ1) is 15.7. The quantitative estimate of drug-likeness (QED) is 0.607. The van der Waals surface area contributed by atoms with Gasteiger partial charge in [-0.2, -0.15) is 0 Å². The maximum Gasteiger partial charge on any atom is 0.258 e. The summed E-state index contributed by atoms with van der Waals surface area (Å²) < 4.78 is 10.9. The molecule has 0 aliphatic carbocycles. The van der Waals surface area contributed by atoms with Gasteiger partial charge in [-0.25, -0.2) is 0 Å². The van der Waals surface area contributed by atoms with Gasteiger partial charge in [-0.1, -0.05) is 29.8 Å². The Balaban J connectivity index is 1.64. The number of ether oxygens (including phenoxy) is 2. The molecule has 0 saturated carbocycles. The molecule has 5 nitrogen and oxygen atoms in total. The number of nitrogens with two attached hydrogens (primary N) is 1. The first-order valence-corrected chi connectivity index (χ1v) is 7.08. The molecule has 0 aliphatic rings. The van der Waals surface area contributed by atoms with Crippen LogP contribution < -0.4 is 20.5 Å². The van der Waals surface area contributed by atoms with Crippen LogP contribution in [0.15, 0.2) is 48.5 Å². The summed E-state index contributed by atoms with van der Waals surface area (Å²) in [6.45, 7) is 2.72. The van der Waals surface area contributed by atoms with Crippen LogP contribution >= 0.6 is 0 Å². The number of para-hydroxylation sites is 2. The molecule has 0 aliphatic heterocycles. The molecule has 2 rings (SSSR count). The van der Waals surface area contributed by atoms with E-state index >= 15 is 0 Å². The summed E-state index contributed by atoms with van der Waals surface area (Å²) in [5.41, 5.74) is 7.48. The number of nitrogens with one attached hydrogen (secondary N) is 1. The van der Waals surface area contributed by atoms with Gasteiger partial charge in [0.05, 0.1) is 12.2 Å². The second-order valence-electron chi connectivity index (χ2n) is 4.84. The van der Waals surface area contributed by atoms with Gasteiger partial charge in [-0.3, -0.25) is 4.79 Å². The van der Waals surface area contributed by atoms with Crippen LogP contribution in [0.25, 0.3) is 0 Å². The van der Waals surface area contributed by atoms with Crippen molar-refractivity contribution in [3.05, 3.63) is 54.1 Å². The average molecular weight is 300 g/mol. The molecule has 0 radical (unpaired) electrons. The van der Waals surface area contributed by atoms with Gasteiger partial charge in [0, 0.05) is 0 Å². The van der Waals surface area contributed by atoms with Crippen LogP contribution in [0.3, 0.4) is 0 Å². The number of hydrogen-bond acceptors (Lipinski definition) is 4. The lowest BCUT2D eigenvalue weighted by atomic mass is 10.2. The Kier molecular flexibility index (Phi) is 5.65. The molecule has 0 aromatic heterocycles. The number of aryl methyl sites for hydroxylation is 1. The van der Waals surface area contributed by atoms with E-state index in [1.54, 1.807) is 12.1 Å². The lowest BCUT2D eigenvalue weighted by molar-refractivity contribution is -0.123. The van der Waals surface area contributed by atoms with E-state index in [0.717, 1.165) is 5.56 Å². The van der Waals surface area contributed by atoms with Crippen molar-refractivity contribution in [2.24, 2.45) is 0 Å². The predicted molar refractivity (Wildman–Crippen MR) is 86.0 cm³/mol. The van der Waals surface area contributed by atoms with Crippen molar-refractivity contribution in [2.45, 2.75) is 6.92 Å². The van der Waals surface area contributed by atoms with E-state index in [9.17, 15) is 4.79 Å². The lowest BCUT2D eigenvalue weighted by Gasteiger charge is -2.10. The van der Waals surface area contributed by atoms with Gasteiger partial charge in [-0.05, 0) is 31.2 Å². The number of anilines is 1. The molecule has 3 N–H and O–H groups in total. The fourth-order valence-electron chi connectivity index (χ4n) is 1.80. The highest BCUT2D eigenvalue weighted by Gasteiger charge is 2.03. The van der Waals surface area contributed by atoms with Crippen LogP contribution in [0.5, 0.6) is 11.5 Å². The fraction of sp³-hybridized carbons (Fsp3) is 0.235. The summed E-state index contributed by atoms with van der Waals surface area (Å²) in [5.74, 6) is 1.10. The van der Waals surface area contributed by atoms with Gasteiger partial charge in [0.25, 0.3) is 5.91 Å². The molecule has 2 aromatic carbocycles. The van der Waals surface area contributed by atoms with E-state index < -0.39 is 0 Å². The van der Waals surface area contributed by atoms with Crippen LogP contribution in [-0.2, 0) is 4.79 Å². The Morgan fingerprint density at radius 1 is 1.09 bits per heavy atom. The number of carbonyl (C=O) groups excluding carboxylic acids is 1. The van der Waals surface area contributed by atoms with E-state index in [1.807, 2.05) is 43.3 Å². The second-order valence-corrected chi connectivity index (χ2v) is 4.84. The molecule has 116 valence electrons. The van der Waals surface area contributed by atoms with Crippen molar-refractivity contribution in [1.82, 2.24) is 5.32 Å². The van der Waals surface area contributed by atoms with Crippen LogP contribution in [0.2, 0.25) is 0 Å². The van der Waals surface area contributed by atoms with Gasteiger partial charge in [-0.15, -0.1) is 0 Å². The summed E-state index contributed by atoms with van der Waals surface area (Å²) in [6, 6.07) is 14.8. The Morgan fingerprint density at radius 3 is 2.55 bits per heavy atom. The number of nitrogen functional groups attached to an aromatic ring is 1. The molecule has 0 atom stereocenters. The van der Waals surface area contributed by atoms with Gasteiger partial charge in [0.1, 0.15) is 18.1 Å². The Bertz CT molecular complexity index is 612. The van der Waals surface area contributed by atoms with Crippen LogP contribution in [0.4, 0.5) is 5.69 Å². The highest BCUT2D eigenvalue weighted by atomic mass is 16.5. The van der Waals surface area contributed by atoms with E-state index in [0.29, 0.717) is 30.3 Å². The number of carbonyl (C=O) groups is 1. The summed E-state index contributed by atoms with van der Waals surface area (Å²) >= 11 is 0. The summed E-state index contributed by atoms with van der Waals surface area (Å²) in [6.07, 6.45) is 0. The monoisotopic (exact) mass is 300 g/mol. The van der Waals surface area contributed by atoms with Crippen molar-refractivity contribution in [2.75, 3.05) is 25.5 Å². The minimum Gasteiger partial charge on any atom is -0.490 e. The largest absolute Gasteiger partial charge is 0.490 e. The first-order chi connectivity index (χ1) is 10.6. The van der Waals surface area contributed by atoms with Gasteiger partial charge in [0.2, 0.25) is 0 Å². The fourth-order valence-corrected chi connectivity index (χ4v) is 1.80. The van der Waals surface area contributed by atoms with Gasteiger partial charge >= 0.3 is 0 Å². The van der Waals surface area contributed by atoms with Crippen LogP contribution in [0, 0.1) is 6.92 Å². The first-order valence-electron chi connectivity index (χ1n) is 7.08. The van der Waals surface area contributed by atoms with Crippen molar-refractivity contribution in [3.63, 3.8) is 0 Å². The highest BCUT2D eigenvalue weighted by molar-refractivity contribution is 5.77. The van der Waals surface area contributed by atoms with Gasteiger partial charge < -0.3 is 20.5 Å². The Labute approximate surface area is 130 Å². The third kappa shape index (κ3) is 5.01. The number of benzene rings is 2. The number of rotatable bonds is 7. The molecule has 22 heavy (non-hydrogen) atoms. The average Bonchev–Trinajstić information content (AvgIpc) is 2.52. The Morgan fingerprint density at radius 2 is 1.82 bits per heavy atom. The number of hydrogen-bond donors (Lipinski definition) is 2. The van der Waals surface area contributed by atoms with Crippen LogP contribution in [-0.4, -0.2) is 25.7 Å². The maximum atomic E-state index is 11.6. The molecular weight excluding hydrogens is 280 g/mol. The SMILES string of the molecule is Cc1ccc(OCC(=O)NCCOc2ccccc2N)cc1. The Hall–Kier alpha value is -2.69. The molecule has 0 saturated heterocycles. The van der Waals surface area contributed by atoms with E-state index in [4.69, 9.17) is 15.2 Å². The van der Waals surface area contributed by atoms with Gasteiger partial charge in [0.15, 0.2) is 6.61 Å². The zero-order valence-electron chi connectivity index (χ0n) is 12.5. The maximum absolute atomic E-state index is 11.6. The molecule has 5 heteroatoms. The van der Waals surface area contributed by atoms with Crippen molar-refractivity contribution < 1.29 is 14.3 Å². The molecule has 0 heterocycles. The molecule has 0 fully saturated rings. The zero-order chi connectivity index (χ0) is 15.8. The standard InChI is InChI=1S/C17H20N2O3/c1-13-6-8-14(9-7-13)22-12-17(20)19-10-11-21-16-5-3-2-4-15(16)18/h2-9H,10-12,18H2,1H3,(H,19,20). The lowest BCUT2D eigenvalue weighted by Crippen LogP contribution is -2.32. The topological polar surface area (TPSA) is 73.6 Å². The van der Waals surface area contributed by atoms with Crippen molar-refractivity contribution in [1.29, 1.82) is 0 Å². The summed E-state index contributed by atoms with van der Waals surface area (Å²) in [4.78, 5) is 11.6. The molecule has 0 bridgehead atoms. The van der Waals surface area contributed by atoms with Crippen LogP contribution in [0.1, 0.15) is 5.56 Å².